The number of fused-ring (bicyclic) bond motifs is 4. The fraction of sp³-hybridized carbons (Fsp3) is 0. The van der Waals surface area contributed by atoms with Gasteiger partial charge in [0.05, 0.1) is 0 Å². The summed E-state index contributed by atoms with van der Waals surface area (Å²) in [7, 11) is 0. The fourth-order valence-electron chi connectivity index (χ4n) is 4.29. The zero-order valence-corrected chi connectivity index (χ0v) is 15.8. The molecule has 0 radical (unpaired) electrons. The minimum Gasteiger partial charge on any atom is -0.455 e. The molecule has 0 saturated carbocycles. The van der Waals surface area contributed by atoms with Crippen LogP contribution in [0.5, 0.6) is 0 Å². The van der Waals surface area contributed by atoms with Crippen molar-refractivity contribution >= 4 is 32.7 Å². The maximum atomic E-state index is 6.39. The third kappa shape index (κ3) is 2.55. The molecule has 0 bridgehead atoms. The maximum absolute atomic E-state index is 6.39. The van der Waals surface area contributed by atoms with Gasteiger partial charge in [-0.25, -0.2) is 0 Å². The van der Waals surface area contributed by atoms with Gasteiger partial charge in [-0.1, -0.05) is 91.0 Å². The molecule has 1 heteroatoms. The van der Waals surface area contributed by atoms with E-state index in [0.29, 0.717) is 0 Å². The van der Waals surface area contributed by atoms with Gasteiger partial charge in [-0.05, 0) is 45.7 Å². The van der Waals surface area contributed by atoms with Gasteiger partial charge in [0, 0.05) is 16.3 Å². The second-order valence-electron chi connectivity index (χ2n) is 7.39. The molecule has 6 aromatic rings. The molecule has 0 fully saturated rings. The van der Waals surface area contributed by atoms with Crippen molar-refractivity contribution in [3.8, 4) is 22.3 Å². The third-order valence-corrected chi connectivity index (χ3v) is 5.65. The van der Waals surface area contributed by atoms with Crippen LogP contribution in [0.25, 0.3) is 55.0 Å². The minimum atomic E-state index is 0.929. The van der Waals surface area contributed by atoms with E-state index in [0.717, 1.165) is 22.1 Å². The molecule has 0 spiro atoms. The van der Waals surface area contributed by atoms with E-state index in [4.69, 9.17) is 4.42 Å². The Labute approximate surface area is 168 Å². The van der Waals surface area contributed by atoms with Gasteiger partial charge < -0.3 is 4.42 Å². The zero-order chi connectivity index (χ0) is 19.2. The molecule has 0 unspecified atom stereocenters. The van der Waals surface area contributed by atoms with Crippen molar-refractivity contribution in [1.29, 1.82) is 0 Å². The summed E-state index contributed by atoms with van der Waals surface area (Å²) in [5.41, 5.74) is 6.64. The number of furan rings is 1. The normalized spacial score (nSPS) is 11.4. The summed E-state index contributed by atoms with van der Waals surface area (Å²) in [5.74, 6) is 0. The lowest BCUT2D eigenvalue weighted by atomic mass is 9.93. The van der Waals surface area contributed by atoms with E-state index in [1.54, 1.807) is 0 Å². The van der Waals surface area contributed by atoms with Gasteiger partial charge in [-0.15, -0.1) is 0 Å². The first-order chi connectivity index (χ1) is 14.4. The van der Waals surface area contributed by atoms with Gasteiger partial charge in [0.2, 0.25) is 0 Å². The molecule has 1 nitrogen and oxygen atoms in total. The van der Waals surface area contributed by atoms with Crippen LogP contribution in [0.1, 0.15) is 0 Å². The van der Waals surface area contributed by atoms with Gasteiger partial charge in [-0.3, -0.25) is 0 Å². The summed E-state index contributed by atoms with van der Waals surface area (Å²) in [6.07, 6.45) is 0. The van der Waals surface area contributed by atoms with Crippen molar-refractivity contribution in [1.82, 2.24) is 0 Å². The molecule has 6 rings (SSSR count). The van der Waals surface area contributed by atoms with Crippen LogP contribution in [0.4, 0.5) is 0 Å². The Hall–Kier alpha value is -3.84. The van der Waals surface area contributed by atoms with E-state index in [1.807, 2.05) is 12.1 Å². The van der Waals surface area contributed by atoms with Crippen LogP contribution in [-0.4, -0.2) is 0 Å². The second kappa shape index (κ2) is 6.35. The molecule has 29 heavy (non-hydrogen) atoms. The summed E-state index contributed by atoms with van der Waals surface area (Å²) >= 11 is 0. The number of benzene rings is 5. The Balaban J connectivity index is 1.72. The Morgan fingerprint density at radius 1 is 0.448 bits per heavy atom. The first-order valence-corrected chi connectivity index (χ1v) is 9.87. The molecule has 136 valence electrons. The van der Waals surface area contributed by atoms with Crippen LogP contribution in [-0.2, 0) is 0 Å². The lowest BCUT2D eigenvalue weighted by Gasteiger charge is -2.10. The van der Waals surface area contributed by atoms with Crippen LogP contribution in [0, 0.1) is 0 Å². The lowest BCUT2D eigenvalue weighted by Crippen LogP contribution is -1.85. The highest BCUT2D eigenvalue weighted by molar-refractivity contribution is 6.18. The van der Waals surface area contributed by atoms with E-state index in [9.17, 15) is 0 Å². The summed E-state index contributed by atoms with van der Waals surface area (Å²) in [6.45, 7) is 0. The molecular weight excluding hydrogens is 352 g/mol. The van der Waals surface area contributed by atoms with E-state index in [-0.39, 0.29) is 0 Å². The first kappa shape index (κ1) is 16.1. The van der Waals surface area contributed by atoms with Crippen molar-refractivity contribution in [3.05, 3.63) is 109 Å². The van der Waals surface area contributed by atoms with E-state index < -0.39 is 0 Å². The largest absolute Gasteiger partial charge is 0.455 e. The molecule has 0 aliphatic carbocycles. The fourth-order valence-corrected chi connectivity index (χ4v) is 4.29. The summed E-state index contributed by atoms with van der Waals surface area (Å²) in [4.78, 5) is 0. The third-order valence-electron chi connectivity index (χ3n) is 5.65. The van der Waals surface area contributed by atoms with E-state index in [1.165, 1.54) is 32.8 Å². The first-order valence-electron chi connectivity index (χ1n) is 9.87. The van der Waals surface area contributed by atoms with E-state index in [2.05, 4.69) is 97.1 Å². The second-order valence-corrected chi connectivity index (χ2v) is 7.39. The van der Waals surface area contributed by atoms with Gasteiger partial charge in [-0.2, -0.15) is 0 Å². The summed E-state index contributed by atoms with van der Waals surface area (Å²) in [6, 6.07) is 38.4. The lowest BCUT2D eigenvalue weighted by molar-refractivity contribution is 0.670. The smallest absolute Gasteiger partial charge is 0.143 e. The molecule has 1 heterocycles. The van der Waals surface area contributed by atoms with Gasteiger partial charge >= 0.3 is 0 Å². The molecule has 0 aliphatic rings. The van der Waals surface area contributed by atoms with Crippen LogP contribution in [0.15, 0.2) is 114 Å². The van der Waals surface area contributed by atoms with Crippen molar-refractivity contribution in [2.75, 3.05) is 0 Å². The Bertz CT molecular complexity index is 1490. The zero-order valence-electron chi connectivity index (χ0n) is 15.8. The van der Waals surface area contributed by atoms with Crippen LogP contribution in [0.3, 0.4) is 0 Å². The average molecular weight is 370 g/mol. The Morgan fingerprint density at radius 2 is 1.14 bits per heavy atom. The predicted molar refractivity (Wildman–Crippen MR) is 122 cm³/mol. The summed E-state index contributed by atoms with van der Waals surface area (Å²) in [5, 5.41) is 4.77. The monoisotopic (exact) mass is 370 g/mol. The molecule has 0 atom stereocenters. The molecule has 0 amide bonds. The quantitative estimate of drug-likeness (QED) is 0.300. The number of para-hydroxylation sites is 1. The van der Waals surface area contributed by atoms with Crippen LogP contribution in [0.2, 0.25) is 0 Å². The van der Waals surface area contributed by atoms with Crippen molar-refractivity contribution in [2.45, 2.75) is 0 Å². The Kier molecular flexibility index (Phi) is 3.54. The highest BCUT2D eigenvalue weighted by atomic mass is 16.3. The Morgan fingerprint density at radius 3 is 2.03 bits per heavy atom. The van der Waals surface area contributed by atoms with Gasteiger partial charge in [0.1, 0.15) is 11.2 Å². The van der Waals surface area contributed by atoms with Crippen LogP contribution >= 0.6 is 0 Å². The highest BCUT2D eigenvalue weighted by Crippen LogP contribution is 2.41. The standard InChI is InChI=1S/C28H18O/c1-2-9-19(10-3-1)20-12-8-13-22(17-20)27-23-14-5-4-11-21(23)18-25-24-15-6-7-16-26(24)29-28(25)27/h1-18H. The SMILES string of the molecule is c1ccc(-c2cccc(-c3c4ccccc4cc4c3oc3ccccc34)c2)cc1. The average Bonchev–Trinajstić information content (AvgIpc) is 3.16. The molecule has 0 saturated heterocycles. The highest BCUT2D eigenvalue weighted by Gasteiger charge is 2.16. The number of rotatable bonds is 2. The van der Waals surface area contributed by atoms with Gasteiger partial charge in [0.15, 0.2) is 0 Å². The van der Waals surface area contributed by atoms with Crippen molar-refractivity contribution < 1.29 is 4.42 Å². The summed E-state index contributed by atoms with van der Waals surface area (Å²) < 4.78 is 6.39. The van der Waals surface area contributed by atoms with E-state index >= 15 is 0 Å². The molecule has 0 N–H and O–H groups in total. The number of hydrogen-bond acceptors (Lipinski definition) is 1. The van der Waals surface area contributed by atoms with Crippen molar-refractivity contribution in [2.24, 2.45) is 0 Å². The molecule has 0 aliphatic heterocycles. The minimum absolute atomic E-state index is 0.929. The number of hydrogen-bond donors (Lipinski definition) is 0. The topological polar surface area (TPSA) is 13.1 Å². The van der Waals surface area contributed by atoms with Gasteiger partial charge in [0.25, 0.3) is 0 Å². The molecule has 5 aromatic carbocycles. The molecular formula is C28H18O. The van der Waals surface area contributed by atoms with Crippen LogP contribution < -0.4 is 0 Å². The predicted octanol–water partition coefficient (Wildman–Crippen LogP) is 8.07. The molecule has 1 aromatic heterocycles. The van der Waals surface area contributed by atoms with Crippen molar-refractivity contribution in [3.63, 3.8) is 0 Å². The maximum Gasteiger partial charge on any atom is 0.143 e.